The number of hydrogen-bond acceptors (Lipinski definition) is 4. The third-order valence-electron chi connectivity index (χ3n) is 4.68. The van der Waals surface area contributed by atoms with Gasteiger partial charge in [-0.25, -0.2) is 9.37 Å². The summed E-state index contributed by atoms with van der Waals surface area (Å²) < 4.78 is 19.3. The maximum atomic E-state index is 13.3. The van der Waals surface area contributed by atoms with Crippen LogP contribution in [0, 0.1) is 5.82 Å². The van der Waals surface area contributed by atoms with Crippen LogP contribution in [0.1, 0.15) is 37.0 Å². The number of aromatic nitrogens is 1. The minimum absolute atomic E-state index is 0.0786. The maximum absolute atomic E-state index is 13.3. The average molecular weight is 345 g/mol. The number of benzene rings is 1. The van der Waals surface area contributed by atoms with Crippen molar-refractivity contribution in [3.8, 4) is 0 Å². The van der Waals surface area contributed by atoms with Gasteiger partial charge in [-0.3, -0.25) is 4.79 Å². The highest BCUT2D eigenvalue weighted by molar-refractivity contribution is 5.79. The lowest BCUT2D eigenvalue weighted by atomic mass is 9.99. The van der Waals surface area contributed by atoms with Crippen LogP contribution < -0.4 is 0 Å². The van der Waals surface area contributed by atoms with Gasteiger partial charge in [-0.1, -0.05) is 12.1 Å². The summed E-state index contributed by atoms with van der Waals surface area (Å²) in [6.07, 6.45) is 3.91. The van der Waals surface area contributed by atoms with E-state index in [2.05, 4.69) is 4.98 Å². The number of carbonyl (C=O) groups excluding carboxylic acids is 1. The number of amides is 1. The van der Waals surface area contributed by atoms with Crippen LogP contribution >= 0.6 is 0 Å². The average Bonchev–Trinajstić information content (AvgIpc) is 3.14. The molecule has 1 aliphatic heterocycles. The fourth-order valence-corrected chi connectivity index (χ4v) is 3.43. The molecule has 1 aromatic heterocycles. The highest BCUT2D eigenvalue weighted by atomic mass is 19.1. The molecule has 0 radical (unpaired) electrons. The van der Waals surface area contributed by atoms with E-state index >= 15 is 0 Å². The monoisotopic (exact) mass is 345 g/mol. The van der Waals surface area contributed by atoms with E-state index in [1.165, 1.54) is 12.1 Å². The molecule has 0 N–H and O–H groups in total. The summed E-state index contributed by atoms with van der Waals surface area (Å²) >= 11 is 0. The smallest absolute Gasteiger partial charge is 0.237 e. The second kappa shape index (κ2) is 6.96. The van der Waals surface area contributed by atoms with Crippen LogP contribution in [0.25, 0.3) is 0 Å². The zero-order valence-corrected chi connectivity index (χ0v) is 15.0. The van der Waals surface area contributed by atoms with E-state index in [4.69, 9.17) is 4.42 Å². The van der Waals surface area contributed by atoms with E-state index in [1.54, 1.807) is 12.3 Å². The summed E-state index contributed by atoms with van der Waals surface area (Å²) in [5.74, 6) is 1.05. The Hall–Kier alpha value is -2.21. The molecule has 1 fully saturated rings. The summed E-state index contributed by atoms with van der Waals surface area (Å²) in [7, 11) is 3.76. The Labute approximate surface area is 147 Å². The first-order valence-electron chi connectivity index (χ1n) is 8.53. The molecule has 2 aromatic rings. The Morgan fingerprint density at radius 3 is 2.96 bits per heavy atom. The first kappa shape index (κ1) is 17.6. The molecule has 5 nitrogen and oxygen atoms in total. The lowest BCUT2D eigenvalue weighted by Gasteiger charge is -2.33. The Morgan fingerprint density at radius 1 is 1.44 bits per heavy atom. The quantitative estimate of drug-likeness (QED) is 0.836. The molecular weight excluding hydrogens is 321 g/mol. The first-order chi connectivity index (χ1) is 11.9. The van der Waals surface area contributed by atoms with Gasteiger partial charge in [-0.15, -0.1) is 0 Å². The molecule has 2 heterocycles. The molecule has 1 atom stereocenters. The van der Waals surface area contributed by atoms with Gasteiger partial charge in [0.05, 0.1) is 12.7 Å². The molecule has 1 aliphatic rings. The van der Waals surface area contributed by atoms with Gasteiger partial charge < -0.3 is 14.2 Å². The van der Waals surface area contributed by atoms with E-state index in [9.17, 15) is 9.18 Å². The van der Waals surface area contributed by atoms with Crippen LogP contribution in [0.4, 0.5) is 4.39 Å². The van der Waals surface area contributed by atoms with Gasteiger partial charge in [0.25, 0.3) is 0 Å². The summed E-state index contributed by atoms with van der Waals surface area (Å²) in [5.41, 5.74) is 0.313. The van der Waals surface area contributed by atoms with Crippen molar-refractivity contribution in [3.05, 3.63) is 53.5 Å². The molecule has 0 spiro atoms. The number of halogens is 1. The molecule has 3 rings (SSSR count). The van der Waals surface area contributed by atoms with Crippen LogP contribution in [-0.2, 0) is 16.8 Å². The Balaban J connectivity index is 1.79. The fraction of sp³-hybridized carbons (Fsp3) is 0.474. The predicted molar refractivity (Wildman–Crippen MR) is 92.6 cm³/mol. The highest BCUT2D eigenvalue weighted by Gasteiger charge is 2.44. The Kier molecular flexibility index (Phi) is 4.90. The standard InChI is InChI=1S/C19H24FN3O2/c1-19(8-5-9-23(19)17(24)13-22(2)3)18-21-12-16(25-18)11-14-6-4-7-15(20)10-14/h4,6-7,10,12H,5,8-9,11,13H2,1-3H3. The van der Waals surface area contributed by atoms with Crippen LogP contribution in [0.3, 0.4) is 0 Å². The number of carbonyl (C=O) groups is 1. The third-order valence-corrected chi connectivity index (χ3v) is 4.68. The van der Waals surface area contributed by atoms with Crippen molar-refractivity contribution >= 4 is 5.91 Å². The maximum Gasteiger partial charge on any atom is 0.237 e. The van der Waals surface area contributed by atoms with E-state index in [0.717, 1.165) is 18.4 Å². The lowest BCUT2D eigenvalue weighted by molar-refractivity contribution is -0.136. The molecule has 25 heavy (non-hydrogen) atoms. The van der Waals surface area contributed by atoms with Gasteiger partial charge in [0.15, 0.2) is 0 Å². The van der Waals surface area contributed by atoms with E-state index < -0.39 is 5.54 Å². The molecule has 134 valence electrons. The second-order valence-electron chi connectivity index (χ2n) is 7.10. The lowest BCUT2D eigenvalue weighted by Crippen LogP contribution is -2.46. The number of oxazole rings is 1. The number of likely N-dealkylation sites (tertiary alicyclic amines) is 1. The number of likely N-dealkylation sites (N-methyl/N-ethyl adjacent to an activating group) is 1. The van der Waals surface area contributed by atoms with Gasteiger partial charge >= 0.3 is 0 Å². The van der Waals surface area contributed by atoms with Gasteiger partial charge in [0.2, 0.25) is 11.8 Å². The molecule has 0 aliphatic carbocycles. The van der Waals surface area contributed by atoms with Crippen molar-refractivity contribution < 1.29 is 13.6 Å². The molecule has 6 heteroatoms. The minimum atomic E-state index is -0.521. The number of nitrogens with zero attached hydrogens (tertiary/aromatic N) is 3. The van der Waals surface area contributed by atoms with E-state index in [-0.39, 0.29) is 11.7 Å². The third kappa shape index (κ3) is 3.74. The molecule has 1 unspecified atom stereocenters. The zero-order chi connectivity index (χ0) is 18.0. The zero-order valence-electron chi connectivity index (χ0n) is 15.0. The molecule has 1 aromatic carbocycles. The summed E-state index contributed by atoms with van der Waals surface area (Å²) in [6, 6.07) is 6.45. The molecule has 0 saturated carbocycles. The van der Waals surface area contributed by atoms with Crippen molar-refractivity contribution in [3.63, 3.8) is 0 Å². The topological polar surface area (TPSA) is 49.6 Å². The van der Waals surface area contributed by atoms with E-state index in [1.807, 2.05) is 36.9 Å². The van der Waals surface area contributed by atoms with Crippen molar-refractivity contribution in [1.29, 1.82) is 0 Å². The SMILES string of the molecule is CN(C)CC(=O)N1CCCC1(C)c1ncc(Cc2cccc(F)c2)o1. The van der Waals surface area contributed by atoms with E-state index in [0.29, 0.717) is 31.2 Å². The number of rotatable bonds is 5. The van der Waals surface area contributed by atoms with Crippen LogP contribution in [0.2, 0.25) is 0 Å². The minimum Gasteiger partial charge on any atom is -0.443 e. The second-order valence-corrected chi connectivity index (χ2v) is 7.10. The summed E-state index contributed by atoms with van der Waals surface area (Å²) in [4.78, 5) is 20.7. The largest absolute Gasteiger partial charge is 0.443 e. The van der Waals surface area contributed by atoms with Gasteiger partial charge in [0, 0.05) is 13.0 Å². The summed E-state index contributed by atoms with van der Waals surface area (Å²) in [5, 5.41) is 0. The van der Waals surface area contributed by atoms with Crippen molar-refractivity contribution in [2.75, 3.05) is 27.2 Å². The van der Waals surface area contributed by atoms with Crippen molar-refractivity contribution in [2.45, 2.75) is 31.7 Å². The summed E-state index contributed by atoms with van der Waals surface area (Å²) in [6.45, 7) is 3.09. The first-order valence-corrected chi connectivity index (χ1v) is 8.53. The van der Waals surface area contributed by atoms with Crippen LogP contribution in [0.5, 0.6) is 0 Å². The van der Waals surface area contributed by atoms with Crippen molar-refractivity contribution in [1.82, 2.24) is 14.8 Å². The van der Waals surface area contributed by atoms with Gasteiger partial charge in [-0.2, -0.15) is 0 Å². The van der Waals surface area contributed by atoms with Gasteiger partial charge in [0.1, 0.15) is 17.1 Å². The van der Waals surface area contributed by atoms with Crippen LogP contribution in [0.15, 0.2) is 34.9 Å². The highest BCUT2D eigenvalue weighted by Crippen LogP contribution is 2.38. The molecule has 1 amide bonds. The predicted octanol–water partition coefficient (Wildman–Crippen LogP) is 2.80. The molecule has 1 saturated heterocycles. The fourth-order valence-electron chi connectivity index (χ4n) is 3.43. The van der Waals surface area contributed by atoms with Crippen molar-refractivity contribution in [2.24, 2.45) is 0 Å². The molecule has 0 bridgehead atoms. The van der Waals surface area contributed by atoms with Gasteiger partial charge in [-0.05, 0) is 51.6 Å². The molecular formula is C19H24FN3O2. The Bertz CT molecular complexity index is 759. The number of hydrogen-bond donors (Lipinski definition) is 0. The Morgan fingerprint density at radius 2 is 2.24 bits per heavy atom. The normalized spacial score (nSPS) is 20.4. The van der Waals surface area contributed by atoms with Crippen LogP contribution in [-0.4, -0.2) is 47.9 Å².